The number of aliphatic imine (C=N–C) groups is 1. The molecule has 0 bridgehead atoms. The van der Waals surface area contributed by atoms with Crippen molar-refractivity contribution in [2.24, 2.45) is 4.99 Å². The molecule has 0 aliphatic rings. The standard InChI is InChI=1S/C5H10N2O3/c1-4(2-8)7-5(10)6-3-9/h8-9H,2-3H2,1H3,(H,6,10). The van der Waals surface area contributed by atoms with E-state index in [9.17, 15) is 4.79 Å². The summed E-state index contributed by atoms with van der Waals surface area (Å²) in [7, 11) is 0. The van der Waals surface area contributed by atoms with Crippen LogP contribution in [0, 0.1) is 0 Å². The monoisotopic (exact) mass is 146 g/mol. The molecule has 10 heavy (non-hydrogen) atoms. The number of amides is 2. The zero-order chi connectivity index (χ0) is 7.98. The van der Waals surface area contributed by atoms with Gasteiger partial charge >= 0.3 is 6.03 Å². The summed E-state index contributed by atoms with van der Waals surface area (Å²) in [5.74, 6) is 0. The van der Waals surface area contributed by atoms with Gasteiger partial charge in [0, 0.05) is 5.71 Å². The maximum absolute atomic E-state index is 10.4. The Labute approximate surface area is 58.4 Å². The van der Waals surface area contributed by atoms with Crippen LogP contribution in [0.25, 0.3) is 0 Å². The van der Waals surface area contributed by atoms with Gasteiger partial charge in [-0.05, 0) is 6.92 Å². The zero-order valence-corrected chi connectivity index (χ0v) is 5.66. The minimum absolute atomic E-state index is 0.251. The number of hydrogen-bond acceptors (Lipinski definition) is 3. The van der Waals surface area contributed by atoms with E-state index in [0.717, 1.165) is 0 Å². The Morgan fingerprint density at radius 1 is 1.60 bits per heavy atom. The van der Waals surface area contributed by atoms with Crippen molar-refractivity contribution in [1.29, 1.82) is 0 Å². The summed E-state index contributed by atoms with van der Waals surface area (Å²) in [6.45, 7) is 0.816. The number of urea groups is 1. The number of rotatable bonds is 2. The molecule has 0 aromatic rings. The maximum atomic E-state index is 10.4. The molecule has 0 aliphatic carbocycles. The van der Waals surface area contributed by atoms with Gasteiger partial charge in [0.1, 0.15) is 6.73 Å². The summed E-state index contributed by atoms with van der Waals surface area (Å²) in [6, 6.07) is -0.644. The van der Waals surface area contributed by atoms with Crippen molar-refractivity contribution in [1.82, 2.24) is 5.32 Å². The number of aliphatic hydroxyl groups excluding tert-OH is 2. The van der Waals surface area contributed by atoms with Crippen molar-refractivity contribution < 1.29 is 15.0 Å². The van der Waals surface area contributed by atoms with Crippen LogP contribution in [0.3, 0.4) is 0 Å². The van der Waals surface area contributed by atoms with Gasteiger partial charge in [0.25, 0.3) is 0 Å². The van der Waals surface area contributed by atoms with Gasteiger partial charge in [-0.3, -0.25) is 0 Å². The molecule has 58 valence electrons. The van der Waals surface area contributed by atoms with Crippen molar-refractivity contribution >= 4 is 11.7 Å². The molecule has 0 heterocycles. The Kier molecular flexibility index (Phi) is 4.43. The SMILES string of the molecule is CC(CO)=NC(=O)NCO. The number of carbonyl (C=O) groups is 1. The largest absolute Gasteiger partial charge is 0.390 e. The van der Waals surface area contributed by atoms with Crippen LogP contribution >= 0.6 is 0 Å². The third kappa shape index (κ3) is 3.99. The van der Waals surface area contributed by atoms with Crippen LogP contribution in [0.15, 0.2) is 4.99 Å². The van der Waals surface area contributed by atoms with E-state index >= 15 is 0 Å². The summed E-state index contributed by atoms with van der Waals surface area (Å²) in [4.78, 5) is 13.8. The van der Waals surface area contributed by atoms with E-state index in [-0.39, 0.29) is 6.61 Å². The zero-order valence-electron chi connectivity index (χ0n) is 5.66. The van der Waals surface area contributed by atoms with Crippen molar-refractivity contribution in [3.63, 3.8) is 0 Å². The van der Waals surface area contributed by atoms with Crippen LogP contribution in [0.2, 0.25) is 0 Å². The predicted octanol–water partition coefficient (Wildman–Crippen LogP) is -0.901. The highest BCUT2D eigenvalue weighted by Crippen LogP contribution is 1.77. The summed E-state index contributed by atoms with van der Waals surface area (Å²) in [5.41, 5.74) is 0.311. The van der Waals surface area contributed by atoms with Gasteiger partial charge in [-0.15, -0.1) is 0 Å². The first-order chi connectivity index (χ1) is 4.70. The normalized spacial score (nSPS) is 11.3. The van der Waals surface area contributed by atoms with Crippen LogP contribution in [-0.2, 0) is 0 Å². The fourth-order valence-corrected chi connectivity index (χ4v) is 0.316. The first kappa shape index (κ1) is 9.06. The van der Waals surface area contributed by atoms with Crippen molar-refractivity contribution in [2.45, 2.75) is 6.92 Å². The Morgan fingerprint density at radius 3 is 2.60 bits per heavy atom. The van der Waals surface area contributed by atoms with Gasteiger partial charge in [-0.25, -0.2) is 9.79 Å². The first-order valence-electron chi connectivity index (χ1n) is 2.74. The van der Waals surface area contributed by atoms with E-state index in [1.165, 1.54) is 6.92 Å². The van der Waals surface area contributed by atoms with Crippen LogP contribution in [0.4, 0.5) is 4.79 Å². The van der Waals surface area contributed by atoms with Crippen molar-refractivity contribution in [3.8, 4) is 0 Å². The summed E-state index contributed by atoms with van der Waals surface area (Å²) in [5, 5.41) is 18.6. The second-order valence-electron chi connectivity index (χ2n) is 1.65. The number of nitrogens with zero attached hydrogens (tertiary/aromatic N) is 1. The molecule has 0 aromatic heterocycles. The molecule has 0 atom stereocenters. The first-order valence-corrected chi connectivity index (χ1v) is 2.74. The third-order valence-corrected chi connectivity index (χ3v) is 0.752. The molecule has 0 saturated heterocycles. The lowest BCUT2D eigenvalue weighted by Crippen LogP contribution is -2.21. The van der Waals surface area contributed by atoms with E-state index in [1.54, 1.807) is 0 Å². The average molecular weight is 146 g/mol. The van der Waals surface area contributed by atoms with Gasteiger partial charge in [0.2, 0.25) is 0 Å². The molecule has 0 unspecified atom stereocenters. The Morgan fingerprint density at radius 2 is 2.20 bits per heavy atom. The second kappa shape index (κ2) is 4.89. The second-order valence-corrected chi connectivity index (χ2v) is 1.65. The van der Waals surface area contributed by atoms with Gasteiger partial charge in [-0.1, -0.05) is 0 Å². The van der Waals surface area contributed by atoms with Gasteiger partial charge in [-0.2, -0.15) is 0 Å². The highest BCUT2D eigenvalue weighted by atomic mass is 16.3. The fraction of sp³-hybridized carbons (Fsp3) is 0.600. The van der Waals surface area contributed by atoms with Gasteiger partial charge in [0.05, 0.1) is 6.61 Å². The quantitative estimate of drug-likeness (QED) is 0.348. The van der Waals surface area contributed by atoms with E-state index in [0.29, 0.717) is 5.71 Å². The van der Waals surface area contributed by atoms with Crippen molar-refractivity contribution in [2.75, 3.05) is 13.3 Å². The van der Waals surface area contributed by atoms with E-state index < -0.39 is 12.8 Å². The molecule has 0 spiro atoms. The van der Waals surface area contributed by atoms with E-state index in [1.807, 2.05) is 5.32 Å². The Bertz CT molecular complexity index is 144. The lowest BCUT2D eigenvalue weighted by atomic mass is 10.5. The van der Waals surface area contributed by atoms with Crippen LogP contribution < -0.4 is 5.32 Å². The highest BCUT2D eigenvalue weighted by molar-refractivity contribution is 5.94. The van der Waals surface area contributed by atoms with Crippen LogP contribution in [0.1, 0.15) is 6.92 Å². The third-order valence-electron chi connectivity index (χ3n) is 0.752. The van der Waals surface area contributed by atoms with E-state index in [4.69, 9.17) is 10.2 Å². The summed E-state index contributed by atoms with van der Waals surface area (Å²) in [6.07, 6.45) is 0. The molecule has 0 saturated carbocycles. The molecule has 3 N–H and O–H groups in total. The summed E-state index contributed by atoms with van der Waals surface area (Å²) >= 11 is 0. The molecule has 0 radical (unpaired) electrons. The van der Waals surface area contributed by atoms with Crippen LogP contribution in [-0.4, -0.2) is 35.3 Å². The molecule has 0 rings (SSSR count). The molecule has 0 fully saturated rings. The van der Waals surface area contributed by atoms with Crippen molar-refractivity contribution in [3.05, 3.63) is 0 Å². The average Bonchev–Trinajstić information content (AvgIpc) is 1.88. The molecular weight excluding hydrogens is 136 g/mol. The summed E-state index contributed by atoms with van der Waals surface area (Å²) < 4.78 is 0. The molecule has 0 aromatic carbocycles. The molecular formula is C5H10N2O3. The smallest absolute Gasteiger partial charge is 0.342 e. The van der Waals surface area contributed by atoms with E-state index in [2.05, 4.69) is 4.99 Å². The number of carbonyl (C=O) groups excluding carboxylic acids is 1. The predicted molar refractivity (Wildman–Crippen MR) is 35.8 cm³/mol. The lowest BCUT2D eigenvalue weighted by molar-refractivity contribution is 0.225. The fourth-order valence-electron chi connectivity index (χ4n) is 0.316. The molecule has 5 heteroatoms. The molecule has 5 nitrogen and oxygen atoms in total. The minimum Gasteiger partial charge on any atom is -0.390 e. The number of aliphatic hydroxyl groups is 2. The van der Waals surface area contributed by atoms with Crippen LogP contribution in [0.5, 0.6) is 0 Å². The Balaban J connectivity index is 3.75. The minimum atomic E-state index is -0.644. The molecule has 2 amide bonds. The van der Waals surface area contributed by atoms with Gasteiger partial charge < -0.3 is 15.5 Å². The molecule has 0 aliphatic heterocycles. The topological polar surface area (TPSA) is 81.9 Å². The lowest BCUT2D eigenvalue weighted by Gasteiger charge is -1.95. The number of hydrogen-bond donors (Lipinski definition) is 3. The van der Waals surface area contributed by atoms with Gasteiger partial charge in [0.15, 0.2) is 0 Å². The highest BCUT2D eigenvalue weighted by Gasteiger charge is 1.94. The maximum Gasteiger partial charge on any atom is 0.342 e. The Hall–Kier alpha value is -0.940. The number of nitrogens with one attached hydrogen (secondary N) is 1.